The van der Waals surface area contributed by atoms with Crippen LogP contribution in [-0.4, -0.2) is 53.7 Å². The number of anilines is 1. The van der Waals surface area contributed by atoms with Gasteiger partial charge in [0.2, 0.25) is 5.95 Å². The van der Waals surface area contributed by atoms with E-state index in [-0.39, 0.29) is 36.4 Å². The van der Waals surface area contributed by atoms with Crippen LogP contribution in [0.5, 0.6) is 0 Å². The third-order valence-corrected chi connectivity index (χ3v) is 7.30. The molecule has 1 aromatic carbocycles. The molecule has 0 aliphatic carbocycles. The highest BCUT2D eigenvalue weighted by molar-refractivity contribution is 7.20. The maximum atomic E-state index is 13.7. The smallest absolute Gasteiger partial charge is 0.305 e. The van der Waals surface area contributed by atoms with Crippen LogP contribution in [0.3, 0.4) is 0 Å². The average Bonchev–Trinajstić information content (AvgIpc) is 3.33. The minimum absolute atomic E-state index is 0.0281. The predicted molar refractivity (Wildman–Crippen MR) is 142 cm³/mol. The maximum Gasteiger partial charge on any atom is 0.305 e. The van der Waals surface area contributed by atoms with Gasteiger partial charge in [0.1, 0.15) is 4.70 Å². The van der Waals surface area contributed by atoms with E-state index in [1.807, 2.05) is 17.0 Å². The van der Waals surface area contributed by atoms with Crippen LogP contribution in [0.1, 0.15) is 53.4 Å². The predicted octanol–water partition coefficient (Wildman–Crippen LogP) is 2.38. The summed E-state index contributed by atoms with van der Waals surface area (Å²) >= 11 is 1.09. The number of fused-ring (bicyclic) bond motifs is 1. The van der Waals surface area contributed by atoms with E-state index in [2.05, 4.69) is 11.4 Å². The van der Waals surface area contributed by atoms with Crippen molar-refractivity contribution in [3.63, 3.8) is 0 Å². The Kier molecular flexibility index (Phi) is 8.53. The molecule has 4 rings (SSSR count). The highest BCUT2D eigenvalue weighted by Gasteiger charge is 2.24. The summed E-state index contributed by atoms with van der Waals surface area (Å²) < 4.78 is 6.85. The Morgan fingerprint density at radius 1 is 1.35 bits per heavy atom. The van der Waals surface area contributed by atoms with Gasteiger partial charge in [-0.3, -0.25) is 19.0 Å². The number of hydrogen-bond acceptors (Lipinski definition) is 9. The van der Waals surface area contributed by atoms with E-state index in [0.29, 0.717) is 64.8 Å². The Morgan fingerprint density at radius 2 is 2.16 bits per heavy atom. The van der Waals surface area contributed by atoms with E-state index in [0.717, 1.165) is 24.2 Å². The fraction of sp³-hybridized carbons (Fsp3) is 0.423. The molecule has 11 heteroatoms. The highest BCUT2D eigenvalue weighted by atomic mass is 32.1. The van der Waals surface area contributed by atoms with Crippen molar-refractivity contribution < 1.29 is 14.3 Å². The summed E-state index contributed by atoms with van der Waals surface area (Å²) in [4.78, 5) is 45.2. The van der Waals surface area contributed by atoms with Crippen molar-refractivity contribution in [3.8, 4) is 6.07 Å². The molecule has 1 fully saturated rings. The summed E-state index contributed by atoms with van der Waals surface area (Å²) in [7, 11) is 0. The first-order chi connectivity index (χ1) is 17.9. The lowest BCUT2D eigenvalue weighted by Gasteiger charge is -2.33. The number of nitrogens with zero attached hydrogens (tertiary/aromatic N) is 4. The van der Waals surface area contributed by atoms with E-state index in [1.165, 1.54) is 0 Å². The van der Waals surface area contributed by atoms with Crippen molar-refractivity contribution in [2.45, 2.75) is 45.2 Å². The zero-order valence-corrected chi connectivity index (χ0v) is 21.6. The maximum absolute atomic E-state index is 13.7. The molecule has 0 spiro atoms. The van der Waals surface area contributed by atoms with E-state index in [9.17, 15) is 19.6 Å². The number of esters is 1. The van der Waals surface area contributed by atoms with Crippen LogP contribution in [0.4, 0.5) is 5.95 Å². The summed E-state index contributed by atoms with van der Waals surface area (Å²) in [6, 6.07) is 10.9. The summed E-state index contributed by atoms with van der Waals surface area (Å²) in [5, 5.41) is 12.3. The topological polar surface area (TPSA) is 143 Å². The number of nitrogens with one attached hydrogen (secondary N) is 1. The zero-order chi connectivity index (χ0) is 26.4. The Labute approximate surface area is 218 Å². The SMILES string of the molecule is CCOC(=O)CCCNC(=O)c1cc2nc(N3CCC[C@@H](N)C3)n(Cc3ccccc3C#N)c(=O)c2s1. The third kappa shape index (κ3) is 6.15. The van der Waals surface area contributed by atoms with E-state index >= 15 is 0 Å². The first-order valence-corrected chi connectivity index (χ1v) is 13.2. The molecule has 0 unspecified atom stereocenters. The van der Waals surface area contributed by atoms with Crippen LogP contribution in [0.25, 0.3) is 10.2 Å². The number of ether oxygens (including phenoxy) is 1. The number of thiophene rings is 1. The lowest BCUT2D eigenvalue weighted by molar-refractivity contribution is -0.143. The monoisotopic (exact) mass is 522 g/mol. The quantitative estimate of drug-likeness (QED) is 0.322. The van der Waals surface area contributed by atoms with Crippen molar-refractivity contribution >= 4 is 39.4 Å². The normalized spacial score (nSPS) is 15.4. The average molecular weight is 523 g/mol. The molecule has 37 heavy (non-hydrogen) atoms. The molecule has 1 aliphatic heterocycles. The molecule has 1 amide bonds. The number of carbonyl (C=O) groups is 2. The second-order valence-electron chi connectivity index (χ2n) is 8.91. The van der Waals surface area contributed by atoms with Crippen LogP contribution in [0.2, 0.25) is 0 Å². The number of hydrogen-bond donors (Lipinski definition) is 2. The molecule has 3 heterocycles. The number of carbonyl (C=O) groups excluding carboxylic acids is 2. The fourth-order valence-corrected chi connectivity index (χ4v) is 5.34. The first kappa shape index (κ1) is 26.3. The zero-order valence-electron chi connectivity index (χ0n) is 20.7. The molecular formula is C26H30N6O4S. The number of aromatic nitrogens is 2. The molecule has 1 saturated heterocycles. The van der Waals surface area contributed by atoms with Gasteiger partial charge < -0.3 is 20.7 Å². The van der Waals surface area contributed by atoms with Gasteiger partial charge in [-0.1, -0.05) is 18.2 Å². The van der Waals surface area contributed by atoms with Crippen molar-refractivity contribution in [1.29, 1.82) is 5.26 Å². The Hall–Kier alpha value is -3.75. The summed E-state index contributed by atoms with van der Waals surface area (Å²) in [5.41, 5.74) is 7.61. The third-order valence-electron chi connectivity index (χ3n) is 6.19. The first-order valence-electron chi connectivity index (χ1n) is 12.4. The van der Waals surface area contributed by atoms with Gasteiger partial charge in [0.15, 0.2) is 0 Å². The second-order valence-corrected chi connectivity index (χ2v) is 9.96. The number of rotatable bonds is 9. The molecule has 1 aliphatic rings. The molecule has 3 N–H and O–H groups in total. The molecular weight excluding hydrogens is 492 g/mol. The van der Waals surface area contributed by atoms with Gasteiger partial charge in [0.25, 0.3) is 11.5 Å². The minimum atomic E-state index is -0.325. The highest BCUT2D eigenvalue weighted by Crippen LogP contribution is 2.26. The van der Waals surface area contributed by atoms with E-state index in [1.54, 1.807) is 29.7 Å². The van der Waals surface area contributed by atoms with Crippen LogP contribution < -0.4 is 21.5 Å². The minimum Gasteiger partial charge on any atom is -0.466 e. The molecule has 3 aromatic rings. The Bertz CT molecular complexity index is 1390. The lowest BCUT2D eigenvalue weighted by Crippen LogP contribution is -2.45. The summed E-state index contributed by atoms with van der Waals surface area (Å²) in [6.07, 6.45) is 2.46. The number of nitriles is 1. The lowest BCUT2D eigenvalue weighted by atomic mass is 10.1. The van der Waals surface area contributed by atoms with Crippen molar-refractivity contribution in [2.75, 3.05) is 31.1 Å². The number of piperidine rings is 1. The largest absolute Gasteiger partial charge is 0.466 e. The van der Waals surface area contributed by atoms with Crippen molar-refractivity contribution in [2.24, 2.45) is 5.73 Å². The van der Waals surface area contributed by atoms with Crippen LogP contribution >= 0.6 is 11.3 Å². The molecule has 0 bridgehead atoms. The van der Waals surface area contributed by atoms with Crippen LogP contribution in [0, 0.1) is 11.3 Å². The summed E-state index contributed by atoms with van der Waals surface area (Å²) in [6.45, 7) is 3.84. The Morgan fingerprint density at radius 3 is 2.92 bits per heavy atom. The summed E-state index contributed by atoms with van der Waals surface area (Å²) in [5.74, 6) is -0.139. The molecule has 10 nitrogen and oxygen atoms in total. The van der Waals surface area contributed by atoms with Gasteiger partial charge in [-0.05, 0) is 43.9 Å². The number of amides is 1. The molecule has 194 valence electrons. The van der Waals surface area contributed by atoms with E-state index < -0.39 is 0 Å². The molecule has 0 radical (unpaired) electrons. The van der Waals surface area contributed by atoms with Crippen molar-refractivity contribution in [3.05, 3.63) is 56.7 Å². The van der Waals surface area contributed by atoms with Gasteiger partial charge in [-0.15, -0.1) is 11.3 Å². The van der Waals surface area contributed by atoms with Crippen molar-refractivity contribution in [1.82, 2.24) is 14.9 Å². The van der Waals surface area contributed by atoms with E-state index in [4.69, 9.17) is 15.5 Å². The number of benzene rings is 1. The molecule has 2 aromatic heterocycles. The van der Waals surface area contributed by atoms with Gasteiger partial charge in [-0.2, -0.15) is 5.26 Å². The van der Waals surface area contributed by atoms with Crippen LogP contribution in [-0.2, 0) is 16.1 Å². The van der Waals surface area contributed by atoms with Gasteiger partial charge >= 0.3 is 5.97 Å². The van der Waals surface area contributed by atoms with Gasteiger partial charge in [0.05, 0.1) is 35.2 Å². The number of nitrogens with two attached hydrogens (primary N) is 1. The molecule has 0 saturated carbocycles. The standard InChI is InChI=1S/C26H30N6O4S/c1-2-36-22(33)10-5-11-29-24(34)21-13-20-23(37-21)25(35)32(15-18-8-4-3-7-17(18)14-27)26(30-20)31-12-6-9-19(28)16-31/h3-4,7-8,13,19H,2,5-6,9-12,15-16,28H2,1H3,(H,29,34)/t19-/m1/s1. The fourth-order valence-electron chi connectivity index (χ4n) is 4.38. The molecule has 1 atom stereocenters. The second kappa shape index (κ2) is 12.0. The Balaban J connectivity index is 1.65. The van der Waals surface area contributed by atoms with Gasteiger partial charge in [-0.25, -0.2) is 4.98 Å². The van der Waals surface area contributed by atoms with Gasteiger partial charge in [0, 0.05) is 32.1 Å². The van der Waals surface area contributed by atoms with Crippen LogP contribution in [0.15, 0.2) is 35.1 Å².